The summed E-state index contributed by atoms with van der Waals surface area (Å²) in [6, 6.07) is 13.4. The van der Waals surface area contributed by atoms with Crippen LogP contribution in [0.25, 0.3) is 11.0 Å². The topological polar surface area (TPSA) is 68.5 Å². The van der Waals surface area contributed by atoms with Crippen molar-refractivity contribution in [1.82, 2.24) is 15.0 Å². The Morgan fingerprint density at radius 3 is 2.76 bits per heavy atom. The van der Waals surface area contributed by atoms with Crippen molar-refractivity contribution in [2.75, 3.05) is 0 Å². The van der Waals surface area contributed by atoms with E-state index >= 15 is 0 Å². The van der Waals surface area contributed by atoms with Crippen LogP contribution < -0.4 is 10.2 Å². The van der Waals surface area contributed by atoms with Crippen LogP contribution in [0.5, 0.6) is 5.75 Å². The van der Waals surface area contributed by atoms with Gasteiger partial charge in [0.15, 0.2) is 0 Å². The molecule has 0 bridgehead atoms. The van der Waals surface area contributed by atoms with Gasteiger partial charge in [0.25, 0.3) is 5.91 Å². The SMILES string of the molecule is O=C(Cn1cnc2ccccc21)N/N=C/c1ccc(OC(F)F)cc1. The van der Waals surface area contributed by atoms with Crippen LogP contribution in [-0.2, 0) is 11.3 Å². The fraction of sp³-hybridized carbons (Fsp3) is 0.118. The van der Waals surface area contributed by atoms with Gasteiger partial charge in [-0.3, -0.25) is 4.79 Å². The molecule has 0 fully saturated rings. The van der Waals surface area contributed by atoms with Crippen molar-refractivity contribution in [1.29, 1.82) is 0 Å². The summed E-state index contributed by atoms with van der Waals surface area (Å²) in [5.74, 6) is -0.250. The van der Waals surface area contributed by atoms with E-state index < -0.39 is 6.61 Å². The minimum atomic E-state index is -2.86. The van der Waals surface area contributed by atoms with E-state index in [9.17, 15) is 13.6 Å². The summed E-state index contributed by atoms with van der Waals surface area (Å²) < 4.78 is 30.1. The fourth-order valence-electron chi connectivity index (χ4n) is 2.24. The molecule has 6 nitrogen and oxygen atoms in total. The zero-order valence-electron chi connectivity index (χ0n) is 13.0. The molecule has 1 N–H and O–H groups in total. The number of ether oxygens (including phenoxy) is 1. The Kier molecular flexibility index (Phi) is 4.98. The maximum absolute atomic E-state index is 12.1. The van der Waals surface area contributed by atoms with E-state index in [4.69, 9.17) is 0 Å². The summed E-state index contributed by atoms with van der Waals surface area (Å²) in [7, 11) is 0. The third-order valence-electron chi connectivity index (χ3n) is 3.35. The van der Waals surface area contributed by atoms with Crippen LogP contribution in [0.1, 0.15) is 5.56 Å². The van der Waals surface area contributed by atoms with E-state index in [-0.39, 0.29) is 18.2 Å². The number of halogens is 2. The van der Waals surface area contributed by atoms with Gasteiger partial charge < -0.3 is 9.30 Å². The van der Waals surface area contributed by atoms with Gasteiger partial charge in [-0.2, -0.15) is 13.9 Å². The summed E-state index contributed by atoms with van der Waals surface area (Å²) >= 11 is 0. The second-order valence-corrected chi connectivity index (χ2v) is 5.10. The summed E-state index contributed by atoms with van der Waals surface area (Å²) in [6.07, 6.45) is 3.01. The molecule has 0 radical (unpaired) electrons. The average molecular weight is 344 g/mol. The summed E-state index contributed by atoms with van der Waals surface area (Å²) in [5.41, 5.74) is 4.71. The Morgan fingerprint density at radius 1 is 1.24 bits per heavy atom. The number of hydrogen-bond acceptors (Lipinski definition) is 4. The molecule has 0 atom stereocenters. The number of amides is 1. The van der Waals surface area contributed by atoms with Gasteiger partial charge in [0.2, 0.25) is 0 Å². The van der Waals surface area contributed by atoms with Gasteiger partial charge in [-0.15, -0.1) is 0 Å². The first-order valence-corrected chi connectivity index (χ1v) is 7.38. The minimum absolute atomic E-state index is 0.0585. The van der Waals surface area contributed by atoms with Gasteiger partial charge in [0, 0.05) is 0 Å². The fourth-order valence-corrected chi connectivity index (χ4v) is 2.24. The van der Waals surface area contributed by atoms with Crippen LogP contribution in [0, 0.1) is 0 Å². The lowest BCUT2D eigenvalue weighted by molar-refractivity contribution is -0.121. The van der Waals surface area contributed by atoms with Crippen molar-refractivity contribution in [3.63, 3.8) is 0 Å². The molecule has 1 amide bonds. The highest BCUT2D eigenvalue weighted by Gasteiger charge is 2.06. The maximum atomic E-state index is 12.1. The zero-order chi connectivity index (χ0) is 17.6. The Labute approximate surface area is 141 Å². The summed E-state index contributed by atoms with van der Waals surface area (Å²) in [4.78, 5) is 16.2. The molecule has 0 aliphatic heterocycles. The lowest BCUT2D eigenvalue weighted by Crippen LogP contribution is -2.22. The highest BCUT2D eigenvalue weighted by molar-refractivity contribution is 5.83. The van der Waals surface area contributed by atoms with Gasteiger partial charge in [0.1, 0.15) is 12.3 Å². The molecule has 0 saturated carbocycles. The van der Waals surface area contributed by atoms with Crippen LogP contribution in [-0.4, -0.2) is 28.3 Å². The molecular weight excluding hydrogens is 330 g/mol. The van der Waals surface area contributed by atoms with E-state index in [0.29, 0.717) is 5.56 Å². The Hall–Kier alpha value is -3.29. The largest absolute Gasteiger partial charge is 0.435 e. The third kappa shape index (κ3) is 4.37. The molecule has 3 aromatic rings. The molecule has 1 aromatic heterocycles. The number of fused-ring (bicyclic) bond motifs is 1. The first-order valence-electron chi connectivity index (χ1n) is 7.38. The van der Waals surface area contributed by atoms with Crippen molar-refractivity contribution in [2.24, 2.45) is 5.10 Å². The smallest absolute Gasteiger partial charge is 0.387 e. The monoisotopic (exact) mass is 344 g/mol. The molecule has 1 heterocycles. The number of aromatic nitrogens is 2. The molecular formula is C17H14F2N4O2. The van der Waals surface area contributed by atoms with Crippen LogP contribution in [0.2, 0.25) is 0 Å². The lowest BCUT2D eigenvalue weighted by atomic mass is 10.2. The maximum Gasteiger partial charge on any atom is 0.387 e. The standard InChI is InChI=1S/C17H14F2N4O2/c18-17(19)25-13-7-5-12(6-8-13)9-21-22-16(24)10-23-11-20-14-3-1-2-4-15(14)23/h1-9,11,17H,10H2,(H,22,24)/b21-9+. The number of para-hydroxylation sites is 2. The number of carbonyl (C=O) groups excluding carboxylic acids is 1. The quantitative estimate of drug-likeness (QED) is 0.552. The van der Waals surface area contributed by atoms with Crippen LogP contribution in [0.15, 0.2) is 60.0 Å². The van der Waals surface area contributed by atoms with Crippen molar-refractivity contribution < 1.29 is 18.3 Å². The second-order valence-electron chi connectivity index (χ2n) is 5.10. The molecule has 25 heavy (non-hydrogen) atoms. The Balaban J connectivity index is 1.55. The number of carbonyl (C=O) groups is 1. The first-order chi connectivity index (χ1) is 12.1. The predicted molar refractivity (Wildman–Crippen MR) is 88.5 cm³/mol. The molecule has 2 aromatic carbocycles. The first kappa shape index (κ1) is 16.6. The Bertz CT molecular complexity index is 891. The second kappa shape index (κ2) is 7.52. The average Bonchev–Trinajstić information content (AvgIpc) is 2.99. The van der Waals surface area contributed by atoms with Crippen LogP contribution in [0.4, 0.5) is 8.78 Å². The van der Waals surface area contributed by atoms with Gasteiger partial charge in [-0.05, 0) is 42.0 Å². The van der Waals surface area contributed by atoms with E-state index in [1.54, 1.807) is 23.0 Å². The van der Waals surface area contributed by atoms with Gasteiger partial charge in [0.05, 0.1) is 23.6 Å². The molecule has 0 spiro atoms. The summed E-state index contributed by atoms with van der Waals surface area (Å²) in [5, 5.41) is 3.85. The predicted octanol–water partition coefficient (Wildman–Crippen LogP) is 2.79. The molecule has 0 unspecified atom stereocenters. The molecule has 0 saturated heterocycles. The number of imidazole rings is 1. The van der Waals surface area contributed by atoms with Gasteiger partial charge >= 0.3 is 6.61 Å². The van der Waals surface area contributed by atoms with Gasteiger partial charge in [-0.25, -0.2) is 10.4 Å². The van der Waals surface area contributed by atoms with E-state index in [0.717, 1.165) is 11.0 Å². The van der Waals surface area contributed by atoms with E-state index in [2.05, 4.69) is 20.2 Å². The number of hydrogen-bond donors (Lipinski definition) is 1. The van der Waals surface area contributed by atoms with Crippen LogP contribution >= 0.6 is 0 Å². The van der Waals surface area contributed by atoms with E-state index in [1.807, 2.05) is 24.3 Å². The lowest BCUT2D eigenvalue weighted by Gasteiger charge is -2.04. The Morgan fingerprint density at radius 2 is 2.00 bits per heavy atom. The normalized spacial score (nSPS) is 11.3. The van der Waals surface area contributed by atoms with Crippen molar-refractivity contribution in [2.45, 2.75) is 13.2 Å². The molecule has 128 valence electrons. The molecule has 0 aliphatic rings. The number of nitrogens with one attached hydrogen (secondary N) is 1. The third-order valence-corrected chi connectivity index (χ3v) is 3.35. The molecule has 8 heteroatoms. The zero-order valence-corrected chi connectivity index (χ0v) is 13.0. The van der Waals surface area contributed by atoms with Crippen LogP contribution in [0.3, 0.4) is 0 Å². The van der Waals surface area contributed by atoms with Crippen molar-refractivity contribution in [3.05, 3.63) is 60.4 Å². The summed E-state index contributed by atoms with van der Waals surface area (Å²) in [6.45, 7) is -2.78. The highest BCUT2D eigenvalue weighted by Crippen LogP contribution is 2.14. The van der Waals surface area contributed by atoms with E-state index in [1.165, 1.54) is 18.3 Å². The molecule has 0 aliphatic carbocycles. The number of benzene rings is 2. The number of alkyl halides is 2. The highest BCUT2D eigenvalue weighted by atomic mass is 19.3. The van der Waals surface area contributed by atoms with Crippen molar-refractivity contribution >= 4 is 23.2 Å². The molecule has 3 rings (SSSR count). The number of hydrazone groups is 1. The van der Waals surface area contributed by atoms with Crippen molar-refractivity contribution in [3.8, 4) is 5.75 Å². The number of nitrogens with zero attached hydrogens (tertiary/aromatic N) is 3. The number of rotatable bonds is 6. The van der Waals surface area contributed by atoms with Gasteiger partial charge in [-0.1, -0.05) is 12.1 Å². The minimum Gasteiger partial charge on any atom is -0.435 e.